The average Bonchev–Trinajstić information content (AvgIpc) is 2.20. The van der Waals surface area contributed by atoms with Crippen LogP contribution >= 0.6 is 11.8 Å². The van der Waals surface area contributed by atoms with Gasteiger partial charge >= 0.3 is 0 Å². The Morgan fingerprint density at radius 3 is 2.71 bits per heavy atom. The molecule has 2 N–H and O–H groups in total. The third-order valence-electron chi connectivity index (χ3n) is 1.59. The van der Waals surface area contributed by atoms with Gasteiger partial charge in [0.25, 0.3) is 5.91 Å². The molecule has 0 aromatic carbocycles. The molecule has 1 aromatic rings. The van der Waals surface area contributed by atoms with Crippen LogP contribution in [0.25, 0.3) is 0 Å². The van der Waals surface area contributed by atoms with Crippen LogP contribution in [0.4, 0.5) is 0 Å². The van der Waals surface area contributed by atoms with Gasteiger partial charge in [0, 0.05) is 17.7 Å². The summed E-state index contributed by atoms with van der Waals surface area (Å²) in [5.74, 6) is 0.397. The third kappa shape index (κ3) is 2.55. The normalized spacial score (nSPS) is 15.1. The first-order valence-corrected chi connectivity index (χ1v) is 4.80. The maximum atomic E-state index is 10.8. The highest BCUT2D eigenvalue weighted by Gasteiger charge is 2.13. The summed E-state index contributed by atoms with van der Waals surface area (Å²) in [7, 11) is 0. The van der Waals surface area contributed by atoms with Gasteiger partial charge in [-0.15, -0.1) is 0 Å². The predicted molar refractivity (Wildman–Crippen MR) is 50.1 cm³/mol. The van der Waals surface area contributed by atoms with E-state index in [4.69, 9.17) is 0 Å². The number of hydrogen-bond acceptors (Lipinski definition) is 3. The zero-order valence-electron chi connectivity index (χ0n) is 7.16. The molecule has 4 nitrogen and oxygen atoms in total. The van der Waals surface area contributed by atoms with Gasteiger partial charge in [0.15, 0.2) is 12.4 Å². The molecule has 1 aliphatic heterocycles. The summed E-state index contributed by atoms with van der Waals surface area (Å²) in [4.78, 5) is 13.7. The fraction of sp³-hybridized carbons (Fsp3) is 0.125. The van der Waals surface area contributed by atoms with Gasteiger partial charge in [0.05, 0.1) is 5.75 Å². The van der Waals surface area contributed by atoms with E-state index >= 15 is 0 Å². The smallest absolute Gasteiger partial charge is 0.250 e. The lowest BCUT2D eigenvalue weighted by molar-refractivity contribution is -0.378. The van der Waals surface area contributed by atoms with Crippen LogP contribution in [-0.2, 0) is 4.79 Å². The second-order valence-corrected chi connectivity index (χ2v) is 3.49. The zero-order chi connectivity index (χ0) is 9.10. The third-order valence-corrected chi connectivity index (χ3v) is 2.59. The highest BCUT2D eigenvalue weighted by atomic mass is 79.9. The lowest BCUT2D eigenvalue weighted by Gasteiger charge is -2.09. The molecule has 1 amide bonds. The van der Waals surface area contributed by atoms with E-state index in [2.05, 4.69) is 15.5 Å². The lowest BCUT2D eigenvalue weighted by atomic mass is 10.3. The van der Waals surface area contributed by atoms with Gasteiger partial charge in [-0.05, 0) is 0 Å². The van der Waals surface area contributed by atoms with E-state index in [9.17, 15) is 4.79 Å². The van der Waals surface area contributed by atoms with Crippen LogP contribution in [0.15, 0.2) is 29.6 Å². The number of carbonyl (C=O) groups excluding carboxylic acids is 1. The highest BCUT2D eigenvalue weighted by Crippen LogP contribution is 2.14. The minimum absolute atomic E-state index is 0. The summed E-state index contributed by atoms with van der Waals surface area (Å²) in [6.45, 7) is 0. The SMILES string of the molecule is O=C1CSC(c2cc[nH+]cc2)=NN1.[Br-]. The molecule has 14 heavy (non-hydrogen) atoms. The van der Waals surface area contributed by atoms with Gasteiger partial charge in [-0.1, -0.05) is 11.8 Å². The number of amides is 1. The van der Waals surface area contributed by atoms with Crippen molar-refractivity contribution in [2.24, 2.45) is 5.10 Å². The molecule has 0 atom stereocenters. The monoisotopic (exact) mass is 273 g/mol. The molecule has 1 aliphatic rings. The molecule has 0 saturated carbocycles. The molecular weight excluding hydrogens is 266 g/mol. The van der Waals surface area contributed by atoms with Crippen LogP contribution in [0.5, 0.6) is 0 Å². The Kier molecular flexibility index (Phi) is 4.09. The first-order chi connectivity index (χ1) is 6.36. The van der Waals surface area contributed by atoms with Crippen molar-refractivity contribution in [1.29, 1.82) is 0 Å². The number of hydrogen-bond donors (Lipinski definition) is 1. The standard InChI is InChI=1S/C8H7N3OS.BrH/c12-7-5-13-8(11-10-7)6-1-3-9-4-2-6;/h1-4H,5H2,(H,10,12);1H. The molecule has 6 heteroatoms. The molecule has 0 saturated heterocycles. The Morgan fingerprint density at radius 2 is 2.14 bits per heavy atom. The molecule has 0 spiro atoms. The molecule has 0 fully saturated rings. The molecule has 0 bridgehead atoms. The Hall–Kier alpha value is -0.880. The molecule has 2 rings (SSSR count). The van der Waals surface area contributed by atoms with Crippen LogP contribution < -0.4 is 27.4 Å². The summed E-state index contributed by atoms with van der Waals surface area (Å²) in [6, 6.07) is 3.84. The number of halogens is 1. The van der Waals surface area contributed by atoms with Crippen molar-refractivity contribution in [1.82, 2.24) is 5.43 Å². The van der Waals surface area contributed by atoms with Gasteiger partial charge < -0.3 is 17.0 Å². The second kappa shape index (κ2) is 5.11. The number of thioether (sulfide) groups is 1. The summed E-state index contributed by atoms with van der Waals surface area (Å²) in [5.41, 5.74) is 3.47. The Bertz CT molecular complexity index is 355. The Morgan fingerprint density at radius 1 is 1.43 bits per heavy atom. The van der Waals surface area contributed by atoms with E-state index < -0.39 is 0 Å². The van der Waals surface area contributed by atoms with Crippen LogP contribution in [-0.4, -0.2) is 16.7 Å². The number of aromatic nitrogens is 1. The van der Waals surface area contributed by atoms with Gasteiger partial charge in [-0.25, -0.2) is 10.4 Å². The summed E-state index contributed by atoms with van der Waals surface area (Å²) in [5, 5.41) is 4.80. The minimum atomic E-state index is -0.0451. The van der Waals surface area contributed by atoms with Crippen LogP contribution in [0.1, 0.15) is 5.56 Å². The van der Waals surface area contributed by atoms with Crippen LogP contribution in [0.2, 0.25) is 0 Å². The second-order valence-electron chi connectivity index (χ2n) is 2.53. The van der Waals surface area contributed by atoms with Crippen molar-refractivity contribution in [3.8, 4) is 0 Å². The lowest BCUT2D eigenvalue weighted by Crippen LogP contribution is -3.00. The van der Waals surface area contributed by atoms with Crippen LogP contribution in [0.3, 0.4) is 0 Å². The first-order valence-electron chi connectivity index (χ1n) is 3.82. The van der Waals surface area contributed by atoms with Gasteiger partial charge in [-0.2, -0.15) is 5.10 Å². The average molecular weight is 274 g/mol. The fourth-order valence-electron chi connectivity index (χ4n) is 0.989. The van der Waals surface area contributed by atoms with E-state index in [1.807, 2.05) is 24.5 Å². The number of nitrogens with zero attached hydrogens (tertiary/aromatic N) is 1. The van der Waals surface area contributed by atoms with Crippen molar-refractivity contribution in [3.63, 3.8) is 0 Å². The Balaban J connectivity index is 0.000000980. The number of pyridine rings is 1. The number of hydrazone groups is 1. The Labute approximate surface area is 96.0 Å². The molecule has 74 valence electrons. The highest BCUT2D eigenvalue weighted by molar-refractivity contribution is 8.15. The molecule has 0 radical (unpaired) electrons. The maximum Gasteiger partial charge on any atom is 0.250 e. The predicted octanol–water partition coefficient (Wildman–Crippen LogP) is -2.97. The maximum absolute atomic E-state index is 10.8. The summed E-state index contributed by atoms with van der Waals surface area (Å²) >= 11 is 1.45. The van der Waals surface area contributed by atoms with Crippen molar-refractivity contribution in [3.05, 3.63) is 30.1 Å². The first kappa shape index (κ1) is 11.2. The molecule has 2 heterocycles. The van der Waals surface area contributed by atoms with Crippen molar-refractivity contribution >= 4 is 22.7 Å². The number of carbonyl (C=O) groups is 1. The van der Waals surface area contributed by atoms with Crippen molar-refractivity contribution in [2.75, 3.05) is 5.75 Å². The van der Waals surface area contributed by atoms with Gasteiger partial charge in [-0.3, -0.25) is 4.79 Å². The largest absolute Gasteiger partial charge is 1.00 e. The summed E-state index contributed by atoms with van der Waals surface area (Å²) in [6.07, 6.45) is 3.66. The van der Waals surface area contributed by atoms with E-state index in [1.54, 1.807) is 0 Å². The molecule has 0 unspecified atom stereocenters. The van der Waals surface area contributed by atoms with E-state index in [-0.39, 0.29) is 22.9 Å². The van der Waals surface area contributed by atoms with Crippen LogP contribution in [0, 0.1) is 0 Å². The minimum Gasteiger partial charge on any atom is -1.00 e. The number of H-pyrrole nitrogens is 1. The van der Waals surface area contributed by atoms with Gasteiger partial charge in [0.2, 0.25) is 0 Å². The summed E-state index contributed by atoms with van der Waals surface area (Å²) < 4.78 is 0. The molecule has 0 aliphatic carbocycles. The van der Waals surface area contributed by atoms with E-state index in [0.717, 1.165) is 10.6 Å². The fourth-order valence-corrected chi connectivity index (χ4v) is 1.73. The quantitative estimate of drug-likeness (QED) is 0.594. The zero-order valence-corrected chi connectivity index (χ0v) is 9.56. The van der Waals surface area contributed by atoms with E-state index in [1.165, 1.54) is 11.8 Å². The van der Waals surface area contributed by atoms with E-state index in [0.29, 0.717) is 5.75 Å². The molecule has 1 aromatic heterocycles. The van der Waals surface area contributed by atoms with Crippen molar-refractivity contribution in [2.45, 2.75) is 0 Å². The number of aromatic amines is 1. The molecular formula is C8H8BrN3OS. The number of rotatable bonds is 1. The van der Waals surface area contributed by atoms with Crippen molar-refractivity contribution < 1.29 is 26.8 Å². The van der Waals surface area contributed by atoms with Gasteiger partial charge in [0.1, 0.15) is 5.04 Å². The number of nitrogens with one attached hydrogen (secondary N) is 2. The topological polar surface area (TPSA) is 55.6 Å².